The van der Waals surface area contributed by atoms with Crippen LogP contribution in [0.25, 0.3) is 0 Å². The highest BCUT2D eigenvalue weighted by atomic mass is 127. The number of esters is 1. The second kappa shape index (κ2) is 7.29. The molecule has 2 heterocycles. The maximum absolute atomic E-state index is 13.0. The molecule has 0 bridgehead atoms. The number of carbonyl (C=O) groups is 3. The van der Waals surface area contributed by atoms with Crippen molar-refractivity contribution in [3.8, 4) is 0 Å². The van der Waals surface area contributed by atoms with Gasteiger partial charge in [0.2, 0.25) is 11.7 Å². The molecule has 1 aromatic heterocycles. The number of aliphatic imine (C=N–C) groups is 1. The molecule has 0 radical (unpaired) electrons. The summed E-state index contributed by atoms with van der Waals surface area (Å²) in [7, 11) is 1.19. The maximum Gasteiger partial charge on any atom is 0.344 e. The van der Waals surface area contributed by atoms with Gasteiger partial charge >= 0.3 is 5.97 Å². The molecule has 2 amide bonds. The van der Waals surface area contributed by atoms with Crippen LogP contribution in [0.2, 0.25) is 0 Å². The van der Waals surface area contributed by atoms with E-state index < -0.39 is 23.3 Å². The van der Waals surface area contributed by atoms with Crippen LogP contribution >= 0.6 is 22.6 Å². The van der Waals surface area contributed by atoms with E-state index in [2.05, 4.69) is 4.99 Å². The molecular weight excluding hydrogens is 453 g/mol. The number of halogens is 1. The Kier molecular flexibility index (Phi) is 5.69. The highest BCUT2D eigenvalue weighted by molar-refractivity contribution is 14.1. The number of imide groups is 1. The normalized spacial score (nSPS) is 19.7. The molecule has 0 spiro atoms. The first kappa shape index (κ1) is 20.3. The third kappa shape index (κ3) is 3.08. The number of amidine groups is 1. The van der Waals surface area contributed by atoms with E-state index in [0.717, 1.165) is 4.90 Å². The summed E-state index contributed by atoms with van der Waals surface area (Å²) in [5.41, 5.74) is -1.13. The summed E-state index contributed by atoms with van der Waals surface area (Å²) in [6.45, 7) is 6.78. The summed E-state index contributed by atoms with van der Waals surface area (Å²) in [6.07, 6.45) is 0. The molecule has 8 nitrogen and oxygen atoms in total. The molecule has 1 atom stereocenters. The van der Waals surface area contributed by atoms with Crippen LogP contribution in [-0.4, -0.2) is 45.6 Å². The molecule has 1 aromatic rings. The van der Waals surface area contributed by atoms with Gasteiger partial charge in [-0.2, -0.15) is 4.73 Å². The lowest BCUT2D eigenvalue weighted by Gasteiger charge is -2.24. The zero-order chi connectivity index (χ0) is 19.8. The molecule has 1 aliphatic rings. The van der Waals surface area contributed by atoms with Gasteiger partial charge < -0.3 is 9.94 Å². The van der Waals surface area contributed by atoms with Gasteiger partial charge in [-0.1, -0.05) is 36.4 Å². The predicted octanol–water partition coefficient (Wildman–Crippen LogP) is 1.38. The molecule has 0 saturated heterocycles. The van der Waals surface area contributed by atoms with E-state index in [0.29, 0.717) is 10.4 Å². The van der Waals surface area contributed by atoms with Crippen LogP contribution in [-0.2, 0) is 14.3 Å². The Bertz CT molecular complexity index is 821. The average molecular weight is 473 g/mol. The number of pyridine rings is 1. The number of aryl methyl sites for hydroxylation is 1. The SMILES string of the molecule is COC(=O)c1ccc(C)[n+]([O-])c1C1=NC(C)(C(C)C)C(=O)N1C(=O)CI. The highest BCUT2D eigenvalue weighted by Gasteiger charge is 2.52. The van der Waals surface area contributed by atoms with E-state index in [1.54, 1.807) is 27.7 Å². The van der Waals surface area contributed by atoms with E-state index in [1.807, 2.05) is 22.6 Å². The summed E-state index contributed by atoms with van der Waals surface area (Å²) < 4.78 is 5.26. The van der Waals surface area contributed by atoms with E-state index >= 15 is 0 Å². The minimum absolute atomic E-state index is 0.0227. The molecule has 1 aliphatic heterocycles. The zero-order valence-corrected chi connectivity index (χ0v) is 17.4. The van der Waals surface area contributed by atoms with Crippen molar-refractivity contribution in [2.45, 2.75) is 33.2 Å². The van der Waals surface area contributed by atoms with Crippen LogP contribution in [0.1, 0.15) is 42.5 Å². The smallest absolute Gasteiger partial charge is 0.344 e. The third-order valence-electron chi connectivity index (χ3n) is 4.56. The van der Waals surface area contributed by atoms with Gasteiger partial charge in [-0.25, -0.2) is 14.7 Å². The number of ether oxygens (including phenoxy) is 1. The predicted molar refractivity (Wildman–Crippen MR) is 102 cm³/mol. The summed E-state index contributed by atoms with van der Waals surface area (Å²) in [6, 6.07) is 2.89. The fourth-order valence-electron chi connectivity index (χ4n) is 2.59. The number of alkyl halides is 1. The topological polar surface area (TPSA) is 103 Å². The molecule has 0 saturated carbocycles. The van der Waals surface area contributed by atoms with Crippen molar-refractivity contribution in [2.24, 2.45) is 10.9 Å². The number of carbonyl (C=O) groups excluding carboxylic acids is 3. The second-order valence-electron chi connectivity index (χ2n) is 6.43. The summed E-state index contributed by atoms with van der Waals surface area (Å²) in [5, 5.41) is 12.7. The van der Waals surface area contributed by atoms with Crippen LogP contribution in [0.3, 0.4) is 0 Å². The quantitative estimate of drug-likeness (QED) is 0.216. The summed E-state index contributed by atoms with van der Waals surface area (Å²) in [4.78, 5) is 42.9. The fraction of sp³-hybridized carbons (Fsp3) is 0.471. The lowest BCUT2D eigenvalue weighted by molar-refractivity contribution is -0.614. The number of nitrogens with zero attached hydrogens (tertiary/aromatic N) is 3. The summed E-state index contributed by atoms with van der Waals surface area (Å²) >= 11 is 1.84. The molecule has 0 fully saturated rings. The van der Waals surface area contributed by atoms with Gasteiger partial charge in [-0.05, 0) is 18.9 Å². The van der Waals surface area contributed by atoms with E-state index in [-0.39, 0.29) is 27.4 Å². The molecule has 0 N–H and O–H groups in total. The van der Waals surface area contributed by atoms with Gasteiger partial charge in [0.05, 0.1) is 11.5 Å². The number of rotatable bonds is 4. The first-order valence-corrected chi connectivity index (χ1v) is 9.47. The Labute approximate surface area is 164 Å². The second-order valence-corrected chi connectivity index (χ2v) is 7.19. The number of hydrogen-bond donors (Lipinski definition) is 0. The average Bonchev–Trinajstić information content (AvgIpc) is 2.88. The van der Waals surface area contributed by atoms with Gasteiger partial charge in [0.25, 0.3) is 11.6 Å². The monoisotopic (exact) mass is 473 g/mol. The van der Waals surface area contributed by atoms with Crippen molar-refractivity contribution in [2.75, 3.05) is 11.5 Å². The van der Waals surface area contributed by atoms with Gasteiger partial charge in [-0.15, -0.1) is 0 Å². The number of amides is 2. The van der Waals surface area contributed by atoms with Gasteiger partial charge in [0.15, 0.2) is 5.69 Å². The fourth-order valence-corrected chi connectivity index (χ4v) is 2.93. The van der Waals surface area contributed by atoms with E-state index in [9.17, 15) is 19.6 Å². The van der Waals surface area contributed by atoms with Crippen LogP contribution in [0.5, 0.6) is 0 Å². The molecular formula is C17H20IN3O5. The molecule has 2 rings (SSSR count). The van der Waals surface area contributed by atoms with Gasteiger partial charge in [0.1, 0.15) is 11.1 Å². The number of hydrogen-bond acceptors (Lipinski definition) is 6. The third-order valence-corrected chi connectivity index (χ3v) is 5.21. The minimum atomic E-state index is -1.21. The first-order chi connectivity index (χ1) is 12.1. The first-order valence-electron chi connectivity index (χ1n) is 7.95. The van der Waals surface area contributed by atoms with Gasteiger partial charge in [0, 0.05) is 13.0 Å². The number of aromatic nitrogens is 1. The largest absolute Gasteiger partial charge is 0.618 e. The van der Waals surface area contributed by atoms with E-state index in [4.69, 9.17) is 4.74 Å². The molecule has 140 valence electrons. The number of methoxy groups -OCH3 is 1. The molecule has 9 heteroatoms. The molecule has 0 aliphatic carbocycles. The van der Waals surface area contributed by atoms with Crippen molar-refractivity contribution in [1.29, 1.82) is 0 Å². The Balaban J connectivity index is 2.83. The van der Waals surface area contributed by atoms with Crippen molar-refractivity contribution >= 4 is 46.2 Å². The van der Waals surface area contributed by atoms with E-state index in [1.165, 1.54) is 19.2 Å². The lowest BCUT2D eigenvalue weighted by Crippen LogP contribution is -2.50. The van der Waals surface area contributed by atoms with Crippen molar-refractivity contribution in [3.05, 3.63) is 34.3 Å². The van der Waals surface area contributed by atoms with Crippen LogP contribution in [0, 0.1) is 18.0 Å². The van der Waals surface area contributed by atoms with Crippen LogP contribution < -0.4 is 4.73 Å². The standard InChI is InChI=1S/C17H20IN3O5/c1-9(2)17(4)16(24)20(12(22)8-18)14(19-17)13-11(15(23)26-5)7-6-10(3)21(13)25/h6-7,9H,8H2,1-5H3. The Hall–Kier alpha value is -2.04. The maximum atomic E-state index is 13.0. The van der Waals surface area contributed by atoms with Gasteiger partial charge in [-0.3, -0.25) is 9.59 Å². The van der Waals surface area contributed by atoms with Crippen LogP contribution in [0.4, 0.5) is 0 Å². The Morgan fingerprint density at radius 1 is 1.42 bits per heavy atom. The molecule has 1 unspecified atom stereocenters. The van der Waals surface area contributed by atoms with Crippen molar-refractivity contribution < 1.29 is 23.9 Å². The highest BCUT2D eigenvalue weighted by Crippen LogP contribution is 2.32. The molecule has 0 aromatic carbocycles. The van der Waals surface area contributed by atoms with Crippen LogP contribution in [0.15, 0.2) is 17.1 Å². The molecule has 26 heavy (non-hydrogen) atoms. The zero-order valence-electron chi connectivity index (χ0n) is 15.2. The van der Waals surface area contributed by atoms with Crippen molar-refractivity contribution in [3.63, 3.8) is 0 Å². The summed E-state index contributed by atoms with van der Waals surface area (Å²) in [5.74, 6) is -2.10. The Morgan fingerprint density at radius 2 is 2.04 bits per heavy atom. The van der Waals surface area contributed by atoms with Crippen molar-refractivity contribution in [1.82, 2.24) is 4.90 Å². The lowest BCUT2D eigenvalue weighted by atomic mass is 9.89. The Morgan fingerprint density at radius 3 is 2.54 bits per heavy atom. The minimum Gasteiger partial charge on any atom is -0.618 e.